The van der Waals surface area contributed by atoms with Gasteiger partial charge in [0, 0.05) is 5.02 Å². The lowest BCUT2D eigenvalue weighted by atomic mass is 9.96. The first-order valence-electron chi connectivity index (χ1n) is 4.57. The normalized spacial score (nSPS) is 12.9. The molecule has 0 bridgehead atoms. The Labute approximate surface area is 107 Å². The van der Waals surface area contributed by atoms with E-state index in [0.717, 1.165) is 6.07 Å². The molecule has 0 fully saturated rings. The SMILES string of the molecule is O=C(c1ccc(Cl)cc1F)C(C(F)(F)F)C(F)(F)F. The summed E-state index contributed by atoms with van der Waals surface area (Å²) in [7, 11) is 0. The Bertz CT molecular complexity index is 478. The van der Waals surface area contributed by atoms with Crippen molar-refractivity contribution < 1.29 is 35.5 Å². The molecular weight excluding hydrogens is 305 g/mol. The second kappa shape index (κ2) is 4.99. The molecule has 1 aromatic rings. The highest BCUT2D eigenvalue weighted by atomic mass is 35.5. The minimum atomic E-state index is -5.86. The fraction of sp³-hybridized carbons (Fsp3) is 0.300. The third kappa shape index (κ3) is 3.59. The molecule has 1 nitrogen and oxygen atoms in total. The first kappa shape index (κ1) is 15.7. The summed E-state index contributed by atoms with van der Waals surface area (Å²) >= 11 is 5.29. The van der Waals surface area contributed by atoms with Gasteiger partial charge in [-0.05, 0) is 18.2 Å². The molecular formula is C10H4ClF7O. The van der Waals surface area contributed by atoms with E-state index in [2.05, 4.69) is 0 Å². The van der Waals surface area contributed by atoms with Crippen LogP contribution < -0.4 is 0 Å². The number of carbonyl (C=O) groups is 1. The molecule has 0 aliphatic heterocycles. The minimum Gasteiger partial charge on any atom is -0.293 e. The van der Waals surface area contributed by atoms with Crippen molar-refractivity contribution in [3.05, 3.63) is 34.6 Å². The van der Waals surface area contributed by atoms with E-state index in [1.807, 2.05) is 0 Å². The molecule has 0 heterocycles. The van der Waals surface area contributed by atoms with Gasteiger partial charge < -0.3 is 0 Å². The fourth-order valence-corrected chi connectivity index (χ4v) is 1.49. The minimum absolute atomic E-state index is 0.260. The molecule has 9 heteroatoms. The number of benzene rings is 1. The smallest absolute Gasteiger partial charge is 0.293 e. The molecule has 106 valence electrons. The van der Waals surface area contributed by atoms with Gasteiger partial charge in [0.25, 0.3) is 0 Å². The number of rotatable bonds is 2. The van der Waals surface area contributed by atoms with Crippen molar-refractivity contribution in [2.45, 2.75) is 12.4 Å². The standard InChI is InChI=1S/C10H4ClF7O/c11-4-1-2-5(6(12)3-4)7(19)8(9(13,14)15)10(16,17)18/h1-3,8H. The Hall–Kier alpha value is -1.31. The molecule has 0 amide bonds. The zero-order valence-corrected chi connectivity index (χ0v) is 9.50. The molecule has 1 rings (SSSR count). The van der Waals surface area contributed by atoms with Crippen molar-refractivity contribution in [3.8, 4) is 0 Å². The Morgan fingerprint density at radius 3 is 1.89 bits per heavy atom. The summed E-state index contributed by atoms with van der Waals surface area (Å²) < 4.78 is 86.8. The van der Waals surface area contributed by atoms with E-state index >= 15 is 0 Å². The van der Waals surface area contributed by atoms with Crippen LogP contribution in [0.2, 0.25) is 5.02 Å². The van der Waals surface area contributed by atoms with Crippen molar-refractivity contribution in [2.75, 3.05) is 0 Å². The van der Waals surface area contributed by atoms with E-state index < -0.39 is 35.4 Å². The first-order valence-corrected chi connectivity index (χ1v) is 4.95. The van der Waals surface area contributed by atoms with Crippen LogP contribution in [0.3, 0.4) is 0 Å². The van der Waals surface area contributed by atoms with Crippen LogP contribution in [0.5, 0.6) is 0 Å². The van der Waals surface area contributed by atoms with E-state index in [9.17, 15) is 35.5 Å². The second-order valence-corrected chi connectivity index (χ2v) is 3.94. The van der Waals surface area contributed by atoms with Gasteiger partial charge in [0.2, 0.25) is 5.92 Å². The lowest BCUT2D eigenvalue weighted by molar-refractivity contribution is -0.264. The number of hydrogen-bond donors (Lipinski definition) is 0. The molecule has 0 aromatic heterocycles. The molecule has 19 heavy (non-hydrogen) atoms. The average molecular weight is 309 g/mol. The summed E-state index contributed by atoms with van der Waals surface area (Å²) in [6, 6.07) is 1.75. The number of ketones is 1. The molecule has 1 aromatic carbocycles. The summed E-state index contributed by atoms with van der Waals surface area (Å²) in [5.74, 6) is -8.22. The number of carbonyl (C=O) groups excluding carboxylic acids is 1. The van der Waals surface area contributed by atoms with Gasteiger partial charge in [-0.25, -0.2) is 4.39 Å². The molecule has 0 spiro atoms. The van der Waals surface area contributed by atoms with Gasteiger partial charge in [0.1, 0.15) is 5.82 Å². The maximum Gasteiger partial charge on any atom is 0.407 e. The molecule has 0 N–H and O–H groups in total. The third-order valence-electron chi connectivity index (χ3n) is 2.11. The lowest BCUT2D eigenvalue weighted by Gasteiger charge is -2.21. The van der Waals surface area contributed by atoms with Crippen LogP contribution in [0.1, 0.15) is 10.4 Å². The summed E-state index contributed by atoms with van der Waals surface area (Å²) in [5.41, 5.74) is -1.32. The molecule has 0 saturated heterocycles. The van der Waals surface area contributed by atoms with Gasteiger partial charge >= 0.3 is 12.4 Å². The van der Waals surface area contributed by atoms with Gasteiger partial charge in [-0.1, -0.05) is 11.6 Å². The monoisotopic (exact) mass is 308 g/mol. The van der Waals surface area contributed by atoms with E-state index in [1.165, 1.54) is 0 Å². The van der Waals surface area contributed by atoms with Gasteiger partial charge in [0.05, 0.1) is 5.56 Å². The van der Waals surface area contributed by atoms with E-state index in [1.54, 1.807) is 0 Å². The van der Waals surface area contributed by atoms with Crippen molar-refractivity contribution in [1.82, 2.24) is 0 Å². The topological polar surface area (TPSA) is 17.1 Å². The Morgan fingerprint density at radius 1 is 1.05 bits per heavy atom. The predicted octanol–water partition coefficient (Wildman–Crippen LogP) is 4.40. The van der Waals surface area contributed by atoms with Crippen molar-refractivity contribution in [2.24, 2.45) is 5.92 Å². The van der Waals surface area contributed by atoms with E-state index in [-0.39, 0.29) is 5.02 Å². The van der Waals surface area contributed by atoms with Crippen LogP contribution in [-0.2, 0) is 0 Å². The van der Waals surface area contributed by atoms with Gasteiger partial charge in [0.15, 0.2) is 5.78 Å². The number of hydrogen-bond acceptors (Lipinski definition) is 1. The largest absolute Gasteiger partial charge is 0.407 e. The van der Waals surface area contributed by atoms with E-state index in [4.69, 9.17) is 11.6 Å². The van der Waals surface area contributed by atoms with Crippen molar-refractivity contribution in [3.63, 3.8) is 0 Å². The third-order valence-corrected chi connectivity index (χ3v) is 2.35. The average Bonchev–Trinajstić information content (AvgIpc) is 2.11. The Balaban J connectivity index is 3.29. The van der Waals surface area contributed by atoms with Crippen LogP contribution >= 0.6 is 11.6 Å². The number of halogens is 8. The highest BCUT2D eigenvalue weighted by Crippen LogP contribution is 2.41. The fourth-order valence-electron chi connectivity index (χ4n) is 1.33. The van der Waals surface area contributed by atoms with Crippen LogP contribution in [0.25, 0.3) is 0 Å². The predicted molar refractivity (Wildman–Crippen MR) is 51.3 cm³/mol. The van der Waals surface area contributed by atoms with Crippen LogP contribution in [0.4, 0.5) is 30.7 Å². The van der Waals surface area contributed by atoms with Gasteiger partial charge in [-0.15, -0.1) is 0 Å². The van der Waals surface area contributed by atoms with Crippen LogP contribution in [-0.4, -0.2) is 18.1 Å². The Kier molecular flexibility index (Phi) is 4.14. The van der Waals surface area contributed by atoms with Crippen molar-refractivity contribution >= 4 is 17.4 Å². The number of alkyl halides is 6. The zero-order chi connectivity index (χ0) is 15.0. The maximum atomic E-state index is 13.2. The molecule has 0 saturated carbocycles. The molecule has 0 radical (unpaired) electrons. The summed E-state index contributed by atoms with van der Waals surface area (Å²) in [4.78, 5) is 11.2. The quantitative estimate of drug-likeness (QED) is 0.584. The van der Waals surface area contributed by atoms with Crippen molar-refractivity contribution in [1.29, 1.82) is 0 Å². The highest BCUT2D eigenvalue weighted by molar-refractivity contribution is 6.30. The maximum absolute atomic E-state index is 13.2. The van der Waals surface area contributed by atoms with Crippen LogP contribution in [0.15, 0.2) is 18.2 Å². The van der Waals surface area contributed by atoms with Crippen LogP contribution in [0, 0.1) is 11.7 Å². The molecule has 0 unspecified atom stereocenters. The summed E-state index contributed by atoms with van der Waals surface area (Å²) in [6.07, 6.45) is -11.7. The molecule has 0 aliphatic carbocycles. The molecule has 0 aliphatic rings. The first-order chi connectivity index (χ1) is 8.44. The highest BCUT2D eigenvalue weighted by Gasteiger charge is 2.61. The van der Waals surface area contributed by atoms with Gasteiger partial charge in [-0.3, -0.25) is 4.79 Å². The summed E-state index contributed by atoms with van der Waals surface area (Å²) in [6.45, 7) is 0. The second-order valence-electron chi connectivity index (χ2n) is 3.50. The van der Waals surface area contributed by atoms with Gasteiger partial charge in [-0.2, -0.15) is 26.3 Å². The lowest BCUT2D eigenvalue weighted by Crippen LogP contribution is -2.42. The van der Waals surface area contributed by atoms with E-state index in [0.29, 0.717) is 12.1 Å². The Morgan fingerprint density at radius 2 is 1.53 bits per heavy atom. The molecule has 0 atom stereocenters. The number of Topliss-reactive ketones (excluding diaryl/α,β-unsaturated/α-hetero) is 1. The zero-order valence-electron chi connectivity index (χ0n) is 8.74. The summed E-state index contributed by atoms with van der Waals surface area (Å²) in [5, 5.41) is -0.260.